The predicted molar refractivity (Wildman–Crippen MR) is 134 cm³/mol. The van der Waals surface area contributed by atoms with Crippen molar-refractivity contribution in [3.63, 3.8) is 0 Å². The van der Waals surface area contributed by atoms with Crippen LogP contribution in [0.1, 0.15) is 106 Å². The second-order valence-electron chi connectivity index (χ2n) is 15.2. The van der Waals surface area contributed by atoms with Gasteiger partial charge in [-0.3, -0.25) is 4.79 Å². The van der Waals surface area contributed by atoms with Crippen LogP contribution in [0.4, 0.5) is 0 Å². The molecule has 0 bridgehead atoms. The molecule has 0 amide bonds. The lowest BCUT2D eigenvalue weighted by molar-refractivity contribution is -0.242. The monoisotopic (exact) mass is 472 g/mol. The summed E-state index contributed by atoms with van der Waals surface area (Å²) in [6.45, 7) is 16.2. The van der Waals surface area contributed by atoms with Crippen molar-refractivity contribution >= 4 is 5.97 Å². The highest BCUT2D eigenvalue weighted by atomic mass is 16.4. The summed E-state index contributed by atoms with van der Waals surface area (Å²) in [6.07, 6.45) is 9.49. The van der Waals surface area contributed by atoms with Gasteiger partial charge >= 0.3 is 5.97 Å². The summed E-state index contributed by atoms with van der Waals surface area (Å²) in [4.78, 5) is 12.8. The molecule has 9 atom stereocenters. The van der Waals surface area contributed by atoms with Crippen LogP contribution in [0.15, 0.2) is 11.6 Å². The van der Waals surface area contributed by atoms with Crippen molar-refractivity contribution < 1.29 is 20.1 Å². The van der Waals surface area contributed by atoms with Crippen LogP contribution in [0, 0.1) is 50.2 Å². The van der Waals surface area contributed by atoms with Gasteiger partial charge in [0.25, 0.3) is 0 Å². The van der Waals surface area contributed by atoms with Crippen LogP contribution in [-0.2, 0) is 4.79 Å². The van der Waals surface area contributed by atoms with Crippen LogP contribution >= 0.6 is 0 Å². The van der Waals surface area contributed by atoms with E-state index in [4.69, 9.17) is 0 Å². The van der Waals surface area contributed by atoms with Crippen LogP contribution in [-0.4, -0.2) is 33.5 Å². The van der Waals surface area contributed by atoms with Crippen molar-refractivity contribution in [3.8, 4) is 0 Å². The van der Waals surface area contributed by atoms with E-state index >= 15 is 0 Å². The van der Waals surface area contributed by atoms with Crippen LogP contribution in [0.2, 0.25) is 0 Å². The third kappa shape index (κ3) is 2.88. The van der Waals surface area contributed by atoms with Gasteiger partial charge in [-0.05, 0) is 103 Å². The molecule has 0 aromatic carbocycles. The van der Waals surface area contributed by atoms with Crippen molar-refractivity contribution in [2.24, 2.45) is 50.2 Å². The molecule has 5 aliphatic carbocycles. The Bertz CT molecular complexity index is 919. The van der Waals surface area contributed by atoms with E-state index in [1.54, 1.807) is 0 Å². The van der Waals surface area contributed by atoms with Crippen molar-refractivity contribution in [2.45, 2.75) is 118 Å². The molecule has 0 aliphatic heterocycles. The zero-order valence-corrected chi connectivity index (χ0v) is 22.6. The van der Waals surface area contributed by atoms with Gasteiger partial charge in [-0.2, -0.15) is 0 Å². The van der Waals surface area contributed by atoms with Gasteiger partial charge in [-0.15, -0.1) is 0 Å². The van der Waals surface area contributed by atoms with E-state index in [0.29, 0.717) is 5.92 Å². The van der Waals surface area contributed by atoms with Crippen LogP contribution in [0.25, 0.3) is 0 Å². The Kier molecular flexibility index (Phi) is 5.20. The fourth-order valence-electron chi connectivity index (χ4n) is 10.8. The molecular formula is C30H48O4. The summed E-state index contributed by atoms with van der Waals surface area (Å²) in [6, 6.07) is 0. The first-order valence-electron chi connectivity index (χ1n) is 13.9. The fourth-order valence-corrected chi connectivity index (χ4v) is 10.8. The SMILES string of the molecule is CC1(C)CC[C@]2(C(=O)O)CC[C@]3(C)C(=CCC4[C@@]5(C)CC[C@H](O)C(C)(C)C5[C@H](O)C[C@]43C)C2C1. The molecule has 0 saturated heterocycles. The minimum Gasteiger partial charge on any atom is -0.481 e. The summed E-state index contributed by atoms with van der Waals surface area (Å²) in [7, 11) is 0. The summed E-state index contributed by atoms with van der Waals surface area (Å²) < 4.78 is 0. The highest BCUT2D eigenvalue weighted by molar-refractivity contribution is 5.76. The zero-order chi connectivity index (χ0) is 25.1. The highest BCUT2D eigenvalue weighted by Gasteiger charge is 2.70. The van der Waals surface area contributed by atoms with Gasteiger partial charge in [0.2, 0.25) is 0 Å². The summed E-state index contributed by atoms with van der Waals surface area (Å²) in [5.74, 6) is 0.0121. The summed E-state index contributed by atoms with van der Waals surface area (Å²) in [5, 5.41) is 33.1. The lowest BCUT2D eigenvalue weighted by Crippen LogP contribution is -2.68. The molecule has 4 nitrogen and oxygen atoms in total. The Morgan fingerprint density at radius 2 is 1.56 bits per heavy atom. The molecule has 5 rings (SSSR count). The van der Waals surface area contributed by atoms with Gasteiger partial charge in [0, 0.05) is 0 Å². The van der Waals surface area contributed by atoms with E-state index in [9.17, 15) is 20.1 Å². The molecule has 192 valence electrons. The normalized spacial score (nSPS) is 53.4. The van der Waals surface area contributed by atoms with Gasteiger partial charge in [-0.25, -0.2) is 0 Å². The van der Waals surface area contributed by atoms with Crippen LogP contribution < -0.4 is 0 Å². The molecule has 0 aromatic heterocycles. The number of aliphatic hydroxyl groups is 2. The van der Waals surface area contributed by atoms with Gasteiger partial charge < -0.3 is 15.3 Å². The van der Waals surface area contributed by atoms with E-state index in [2.05, 4.69) is 54.5 Å². The quantitative estimate of drug-likeness (QED) is 0.397. The number of hydrogen-bond acceptors (Lipinski definition) is 3. The standard InChI is InChI=1S/C30H48O4/c1-25(2)12-14-30(24(33)34)15-13-28(6)18(19(30)16-25)8-9-21-27(5)11-10-22(32)26(3,4)23(27)20(31)17-29(21,28)7/h8,19-23,31-32H,9-17H2,1-7H3,(H,33,34)/t19?,20-,21?,22+,23?,27-,28-,29-,30+/m1/s1. The minimum absolute atomic E-state index is 0.0344. The number of rotatable bonds is 1. The molecule has 0 spiro atoms. The molecular weight excluding hydrogens is 424 g/mol. The number of fused-ring (bicyclic) bond motifs is 7. The smallest absolute Gasteiger partial charge is 0.310 e. The number of aliphatic hydroxyl groups excluding tert-OH is 2. The molecule has 4 fully saturated rings. The number of carbonyl (C=O) groups is 1. The molecule has 3 N–H and O–H groups in total. The molecule has 4 heteroatoms. The van der Waals surface area contributed by atoms with E-state index in [1.807, 2.05) is 0 Å². The Hall–Kier alpha value is -0.870. The third-order valence-electron chi connectivity index (χ3n) is 12.9. The molecule has 4 saturated carbocycles. The Morgan fingerprint density at radius 1 is 0.912 bits per heavy atom. The Balaban J connectivity index is 1.63. The van der Waals surface area contributed by atoms with E-state index in [1.165, 1.54) is 5.57 Å². The van der Waals surface area contributed by atoms with Crippen molar-refractivity contribution in [3.05, 3.63) is 11.6 Å². The second-order valence-corrected chi connectivity index (χ2v) is 15.2. The van der Waals surface area contributed by atoms with Crippen molar-refractivity contribution in [1.82, 2.24) is 0 Å². The molecule has 3 unspecified atom stereocenters. The average Bonchev–Trinajstić information content (AvgIpc) is 2.70. The molecule has 0 heterocycles. The van der Waals surface area contributed by atoms with Gasteiger partial charge in [0.05, 0.1) is 17.6 Å². The van der Waals surface area contributed by atoms with Crippen molar-refractivity contribution in [1.29, 1.82) is 0 Å². The first-order chi connectivity index (χ1) is 15.6. The first-order valence-corrected chi connectivity index (χ1v) is 13.9. The Morgan fingerprint density at radius 3 is 2.21 bits per heavy atom. The summed E-state index contributed by atoms with van der Waals surface area (Å²) in [5.41, 5.74) is 0.421. The third-order valence-corrected chi connectivity index (χ3v) is 12.9. The van der Waals surface area contributed by atoms with Crippen LogP contribution in [0.5, 0.6) is 0 Å². The number of allylic oxidation sites excluding steroid dienone is 2. The molecule has 5 aliphatic rings. The van der Waals surface area contributed by atoms with Gasteiger partial charge in [0.1, 0.15) is 0 Å². The number of aliphatic carboxylic acids is 1. The predicted octanol–water partition coefficient (Wildman–Crippen LogP) is 6.20. The van der Waals surface area contributed by atoms with E-state index in [0.717, 1.165) is 57.8 Å². The number of carboxylic acid groups (broad SMARTS) is 1. The van der Waals surface area contributed by atoms with Gasteiger partial charge in [-0.1, -0.05) is 60.1 Å². The molecule has 0 radical (unpaired) electrons. The average molecular weight is 473 g/mol. The second kappa shape index (κ2) is 7.12. The lowest BCUT2D eigenvalue weighted by atomic mass is 9.33. The zero-order valence-electron chi connectivity index (χ0n) is 22.6. The molecule has 34 heavy (non-hydrogen) atoms. The first kappa shape index (κ1) is 24.8. The minimum atomic E-state index is -0.624. The number of carboxylic acids is 1. The fraction of sp³-hybridized carbons (Fsp3) is 0.900. The topological polar surface area (TPSA) is 77.8 Å². The number of hydrogen-bond donors (Lipinski definition) is 3. The molecule has 0 aromatic rings. The maximum absolute atomic E-state index is 12.8. The van der Waals surface area contributed by atoms with E-state index in [-0.39, 0.29) is 45.0 Å². The highest BCUT2D eigenvalue weighted by Crippen LogP contribution is 2.75. The van der Waals surface area contributed by atoms with E-state index < -0.39 is 17.5 Å². The van der Waals surface area contributed by atoms with Crippen LogP contribution in [0.3, 0.4) is 0 Å². The maximum atomic E-state index is 12.8. The maximum Gasteiger partial charge on any atom is 0.310 e. The summed E-state index contributed by atoms with van der Waals surface area (Å²) >= 11 is 0. The van der Waals surface area contributed by atoms with Gasteiger partial charge in [0.15, 0.2) is 0 Å². The lowest BCUT2D eigenvalue weighted by Gasteiger charge is -2.72. The largest absolute Gasteiger partial charge is 0.481 e. The van der Waals surface area contributed by atoms with Crippen molar-refractivity contribution in [2.75, 3.05) is 0 Å². The Labute approximate surface area is 206 Å².